The van der Waals surface area contributed by atoms with Gasteiger partial charge in [0.25, 0.3) is 0 Å². The highest BCUT2D eigenvalue weighted by Gasteiger charge is 2.42. The molecule has 0 spiro atoms. The molecule has 1 aromatic rings. The van der Waals surface area contributed by atoms with E-state index in [0.717, 1.165) is 31.3 Å². The van der Waals surface area contributed by atoms with E-state index in [-0.39, 0.29) is 18.5 Å². The number of halogens is 1. The Labute approximate surface area is 164 Å². The summed E-state index contributed by atoms with van der Waals surface area (Å²) in [6.07, 6.45) is 12.0. The molecule has 0 amide bonds. The van der Waals surface area contributed by atoms with E-state index in [9.17, 15) is 0 Å². The van der Waals surface area contributed by atoms with Crippen LogP contribution in [0.1, 0.15) is 76.4 Å². The van der Waals surface area contributed by atoms with E-state index in [0.29, 0.717) is 12.0 Å². The summed E-state index contributed by atoms with van der Waals surface area (Å²) in [5, 5.41) is 3.92. The van der Waals surface area contributed by atoms with Crippen molar-refractivity contribution in [2.75, 3.05) is 18.5 Å². The van der Waals surface area contributed by atoms with E-state index >= 15 is 0 Å². The van der Waals surface area contributed by atoms with Crippen molar-refractivity contribution < 1.29 is 9.47 Å². The zero-order valence-corrected chi connectivity index (χ0v) is 16.9. The molecule has 0 aromatic heterocycles. The largest absolute Gasteiger partial charge is 0.494 e. The first-order chi connectivity index (χ1) is 12.4. The van der Waals surface area contributed by atoms with Gasteiger partial charge in [-0.2, -0.15) is 0 Å². The molecule has 146 valence electrons. The number of fused-ring (bicyclic) bond motifs is 3. The van der Waals surface area contributed by atoms with Crippen LogP contribution in [-0.4, -0.2) is 19.3 Å². The molecule has 0 bridgehead atoms. The second-order valence-corrected chi connectivity index (χ2v) is 8.12. The number of benzene rings is 1. The number of ether oxygens (including phenoxy) is 2. The van der Waals surface area contributed by atoms with Crippen LogP contribution in [-0.2, 0) is 4.74 Å². The zero-order valence-electron chi connectivity index (χ0n) is 16.0. The second kappa shape index (κ2) is 9.32. The SMILES string of the molecule is CCCCOc1ccc2c(c1)[C@H]1OCCC[C@H]1[C@H](C1CCCCC1)N2.Cl. The number of unbranched alkanes of at least 4 members (excludes halogenated alkanes) is 1. The van der Waals surface area contributed by atoms with Gasteiger partial charge in [-0.1, -0.05) is 32.6 Å². The van der Waals surface area contributed by atoms with Gasteiger partial charge in [0.15, 0.2) is 0 Å². The monoisotopic (exact) mass is 379 g/mol. The van der Waals surface area contributed by atoms with Crippen molar-refractivity contribution in [3.8, 4) is 5.75 Å². The molecule has 1 N–H and O–H groups in total. The van der Waals surface area contributed by atoms with Crippen molar-refractivity contribution in [1.29, 1.82) is 0 Å². The predicted molar refractivity (Wildman–Crippen MR) is 109 cm³/mol. The normalized spacial score (nSPS) is 28.3. The highest BCUT2D eigenvalue weighted by molar-refractivity contribution is 5.85. The molecule has 1 aliphatic carbocycles. The van der Waals surface area contributed by atoms with Crippen LogP contribution in [0.25, 0.3) is 0 Å². The average molecular weight is 380 g/mol. The molecule has 1 saturated heterocycles. The van der Waals surface area contributed by atoms with E-state index < -0.39 is 0 Å². The highest BCUT2D eigenvalue weighted by atomic mass is 35.5. The van der Waals surface area contributed by atoms with Crippen molar-refractivity contribution in [1.82, 2.24) is 0 Å². The summed E-state index contributed by atoms with van der Waals surface area (Å²) in [5.74, 6) is 2.44. The van der Waals surface area contributed by atoms with Crippen molar-refractivity contribution in [2.24, 2.45) is 11.8 Å². The molecule has 26 heavy (non-hydrogen) atoms. The minimum atomic E-state index is 0. The smallest absolute Gasteiger partial charge is 0.119 e. The second-order valence-electron chi connectivity index (χ2n) is 8.12. The van der Waals surface area contributed by atoms with Crippen molar-refractivity contribution in [3.05, 3.63) is 23.8 Å². The summed E-state index contributed by atoms with van der Waals surface area (Å²) in [7, 11) is 0. The summed E-state index contributed by atoms with van der Waals surface area (Å²) in [4.78, 5) is 0. The van der Waals surface area contributed by atoms with Crippen LogP contribution in [0.2, 0.25) is 0 Å². The maximum absolute atomic E-state index is 6.31. The van der Waals surface area contributed by atoms with Gasteiger partial charge in [0.2, 0.25) is 0 Å². The summed E-state index contributed by atoms with van der Waals surface area (Å²) in [6.45, 7) is 3.91. The Morgan fingerprint density at radius 1 is 1.12 bits per heavy atom. The van der Waals surface area contributed by atoms with Crippen LogP contribution in [0.5, 0.6) is 5.75 Å². The van der Waals surface area contributed by atoms with Gasteiger partial charge in [0.1, 0.15) is 5.75 Å². The first-order valence-corrected chi connectivity index (χ1v) is 10.5. The van der Waals surface area contributed by atoms with Gasteiger partial charge in [-0.05, 0) is 56.2 Å². The molecule has 4 heteroatoms. The summed E-state index contributed by atoms with van der Waals surface area (Å²) in [5.41, 5.74) is 2.60. The molecule has 3 nitrogen and oxygen atoms in total. The molecule has 3 atom stereocenters. The first kappa shape index (κ1) is 19.8. The topological polar surface area (TPSA) is 30.5 Å². The summed E-state index contributed by atoms with van der Waals surface area (Å²) >= 11 is 0. The molecule has 2 aliphatic heterocycles. The third kappa shape index (κ3) is 4.14. The highest BCUT2D eigenvalue weighted by Crippen LogP contribution is 2.48. The lowest BCUT2D eigenvalue weighted by Crippen LogP contribution is -2.46. The number of rotatable bonds is 5. The molecular weight excluding hydrogens is 346 g/mol. The van der Waals surface area contributed by atoms with Crippen LogP contribution in [0.3, 0.4) is 0 Å². The molecule has 0 radical (unpaired) electrons. The van der Waals surface area contributed by atoms with E-state index in [1.54, 1.807) is 0 Å². The average Bonchev–Trinajstić information content (AvgIpc) is 2.68. The van der Waals surface area contributed by atoms with E-state index in [4.69, 9.17) is 9.47 Å². The summed E-state index contributed by atoms with van der Waals surface area (Å²) < 4.78 is 12.3. The fraction of sp³-hybridized carbons (Fsp3) is 0.727. The van der Waals surface area contributed by atoms with Gasteiger partial charge in [0.05, 0.1) is 12.7 Å². The van der Waals surface area contributed by atoms with E-state index in [1.165, 1.54) is 62.6 Å². The minimum absolute atomic E-state index is 0. The lowest BCUT2D eigenvalue weighted by molar-refractivity contribution is -0.0459. The Kier molecular flexibility index (Phi) is 7.11. The molecule has 0 unspecified atom stereocenters. The van der Waals surface area contributed by atoms with Crippen LogP contribution in [0.4, 0.5) is 5.69 Å². The van der Waals surface area contributed by atoms with Gasteiger partial charge < -0.3 is 14.8 Å². The summed E-state index contributed by atoms with van der Waals surface area (Å²) in [6, 6.07) is 7.17. The van der Waals surface area contributed by atoms with Gasteiger partial charge in [-0.25, -0.2) is 0 Å². The predicted octanol–water partition coefficient (Wildman–Crippen LogP) is 6.13. The van der Waals surface area contributed by atoms with Crippen molar-refractivity contribution >= 4 is 18.1 Å². The maximum atomic E-state index is 6.31. The van der Waals surface area contributed by atoms with Crippen molar-refractivity contribution in [3.63, 3.8) is 0 Å². The molecule has 4 rings (SSSR count). The van der Waals surface area contributed by atoms with Gasteiger partial charge in [0, 0.05) is 29.8 Å². The third-order valence-corrected chi connectivity index (χ3v) is 6.41. The van der Waals surface area contributed by atoms with Crippen LogP contribution < -0.4 is 10.1 Å². The number of hydrogen-bond donors (Lipinski definition) is 1. The number of anilines is 1. The minimum Gasteiger partial charge on any atom is -0.494 e. The Morgan fingerprint density at radius 2 is 1.96 bits per heavy atom. The molecule has 1 saturated carbocycles. The molecule has 3 aliphatic rings. The lowest BCUT2D eigenvalue weighted by atomic mass is 9.71. The van der Waals surface area contributed by atoms with Gasteiger partial charge in [-0.15, -0.1) is 12.4 Å². The molecule has 2 fully saturated rings. The van der Waals surface area contributed by atoms with Gasteiger partial charge >= 0.3 is 0 Å². The van der Waals surface area contributed by atoms with Crippen LogP contribution in [0.15, 0.2) is 18.2 Å². The Hall–Kier alpha value is -0.930. The fourth-order valence-corrected chi connectivity index (χ4v) is 5.07. The Balaban J connectivity index is 0.00000196. The number of hydrogen-bond acceptors (Lipinski definition) is 3. The molecule has 2 heterocycles. The molecule has 1 aromatic carbocycles. The third-order valence-electron chi connectivity index (χ3n) is 6.41. The lowest BCUT2D eigenvalue weighted by Gasteiger charge is -2.47. The van der Waals surface area contributed by atoms with E-state index in [2.05, 4.69) is 30.4 Å². The van der Waals surface area contributed by atoms with E-state index in [1.807, 2.05) is 0 Å². The van der Waals surface area contributed by atoms with Crippen LogP contribution >= 0.6 is 12.4 Å². The van der Waals surface area contributed by atoms with Crippen LogP contribution in [0, 0.1) is 11.8 Å². The zero-order chi connectivity index (χ0) is 17.1. The molecular formula is C22H34ClNO2. The van der Waals surface area contributed by atoms with Crippen molar-refractivity contribution in [2.45, 2.75) is 76.9 Å². The fourth-order valence-electron chi connectivity index (χ4n) is 5.07. The Bertz CT molecular complexity index is 573. The maximum Gasteiger partial charge on any atom is 0.119 e. The van der Waals surface area contributed by atoms with Gasteiger partial charge in [-0.3, -0.25) is 0 Å². The quantitative estimate of drug-likeness (QED) is 0.624. The Morgan fingerprint density at radius 3 is 2.77 bits per heavy atom. The standard InChI is InChI=1S/C22H33NO2.ClH/c1-2-3-13-24-17-11-12-20-19(15-17)22-18(10-7-14-25-22)21(23-20)16-8-5-4-6-9-16;/h11-12,15-16,18,21-23H,2-10,13-14H2,1H3;1H/t18-,21-,22-;/m0./s1. The number of nitrogens with one attached hydrogen (secondary N) is 1. The first-order valence-electron chi connectivity index (χ1n) is 10.5.